The molecule has 0 spiro atoms. The summed E-state index contributed by atoms with van der Waals surface area (Å²) in [6.45, 7) is 0.866. The highest BCUT2D eigenvalue weighted by Crippen LogP contribution is 2.24. The van der Waals surface area contributed by atoms with Gasteiger partial charge in [-0.1, -0.05) is 23.2 Å². The third kappa shape index (κ3) is 3.73. The van der Waals surface area contributed by atoms with E-state index in [9.17, 15) is 8.42 Å². The number of sulfonamides is 1. The average Bonchev–Trinajstić information content (AvgIpc) is 2.85. The lowest BCUT2D eigenvalue weighted by Crippen LogP contribution is -2.27. The molecule has 7 heteroatoms. The fourth-order valence-corrected chi connectivity index (χ4v) is 2.97. The van der Waals surface area contributed by atoms with Crippen molar-refractivity contribution in [1.82, 2.24) is 9.29 Å². The zero-order chi connectivity index (χ0) is 13.9. The van der Waals surface area contributed by atoms with Gasteiger partial charge in [0.1, 0.15) is 0 Å². The van der Waals surface area contributed by atoms with Crippen molar-refractivity contribution in [3.63, 3.8) is 0 Å². The molecule has 0 fully saturated rings. The summed E-state index contributed by atoms with van der Waals surface area (Å²) in [6.07, 6.45) is 3.74. The van der Waals surface area contributed by atoms with Crippen LogP contribution in [0.2, 0.25) is 10.0 Å². The standard InChI is InChI=1S/C12H12Cl2N2O2S/c13-11-4-3-10(9-12(11)14)19(17,18)15-5-8-16-6-1-2-7-16/h1-4,6-7,9,15H,5,8H2. The summed E-state index contributed by atoms with van der Waals surface area (Å²) in [6, 6.07) is 7.99. The molecule has 2 aromatic rings. The van der Waals surface area contributed by atoms with Crippen LogP contribution in [-0.2, 0) is 16.6 Å². The van der Waals surface area contributed by atoms with Gasteiger partial charge in [0.25, 0.3) is 0 Å². The molecule has 0 radical (unpaired) electrons. The third-order valence-corrected chi connectivity index (χ3v) is 4.73. The summed E-state index contributed by atoms with van der Waals surface area (Å²) in [7, 11) is -3.56. The van der Waals surface area contributed by atoms with Crippen LogP contribution in [0.4, 0.5) is 0 Å². The van der Waals surface area contributed by atoms with Crippen LogP contribution in [-0.4, -0.2) is 19.5 Å². The maximum atomic E-state index is 12.0. The molecule has 0 unspecified atom stereocenters. The van der Waals surface area contributed by atoms with E-state index in [0.29, 0.717) is 18.1 Å². The van der Waals surface area contributed by atoms with E-state index < -0.39 is 10.0 Å². The number of benzene rings is 1. The zero-order valence-electron chi connectivity index (χ0n) is 9.88. The van der Waals surface area contributed by atoms with Gasteiger partial charge in [0.05, 0.1) is 14.9 Å². The lowest BCUT2D eigenvalue weighted by molar-refractivity contribution is 0.573. The summed E-state index contributed by atoms with van der Waals surface area (Å²) < 4.78 is 28.4. The number of hydrogen-bond acceptors (Lipinski definition) is 2. The van der Waals surface area contributed by atoms with Crippen molar-refractivity contribution < 1.29 is 8.42 Å². The van der Waals surface area contributed by atoms with Crippen LogP contribution in [0.15, 0.2) is 47.6 Å². The predicted molar refractivity (Wildman–Crippen MR) is 76.1 cm³/mol. The smallest absolute Gasteiger partial charge is 0.240 e. The molecule has 0 aliphatic carbocycles. The van der Waals surface area contributed by atoms with Gasteiger partial charge in [-0.3, -0.25) is 0 Å². The molecule has 0 saturated heterocycles. The fraction of sp³-hybridized carbons (Fsp3) is 0.167. The third-order valence-electron chi connectivity index (χ3n) is 2.53. The first-order chi connectivity index (χ1) is 8.99. The SMILES string of the molecule is O=S(=O)(NCCn1cccc1)c1ccc(Cl)c(Cl)c1. The van der Waals surface area contributed by atoms with Crippen LogP contribution in [0.5, 0.6) is 0 Å². The minimum atomic E-state index is -3.56. The summed E-state index contributed by atoms with van der Waals surface area (Å²) >= 11 is 11.6. The van der Waals surface area contributed by atoms with E-state index in [1.165, 1.54) is 18.2 Å². The number of nitrogens with one attached hydrogen (secondary N) is 1. The molecule has 102 valence electrons. The second-order valence-electron chi connectivity index (χ2n) is 3.89. The molecular formula is C12H12Cl2N2O2S. The maximum Gasteiger partial charge on any atom is 0.240 e. The first-order valence-corrected chi connectivity index (χ1v) is 7.78. The topological polar surface area (TPSA) is 51.1 Å². The molecule has 1 N–H and O–H groups in total. The van der Waals surface area contributed by atoms with Gasteiger partial charge in [-0.15, -0.1) is 0 Å². The largest absolute Gasteiger partial charge is 0.353 e. The molecular weight excluding hydrogens is 307 g/mol. The Bertz CT molecular complexity index is 654. The Kier molecular flexibility index (Phi) is 4.52. The van der Waals surface area contributed by atoms with E-state index in [-0.39, 0.29) is 9.92 Å². The molecule has 1 aromatic heterocycles. The van der Waals surface area contributed by atoms with Crippen LogP contribution in [0.3, 0.4) is 0 Å². The summed E-state index contributed by atoms with van der Waals surface area (Å²) in [5, 5.41) is 0.544. The van der Waals surface area contributed by atoms with Crippen LogP contribution in [0.25, 0.3) is 0 Å². The quantitative estimate of drug-likeness (QED) is 0.921. The first-order valence-electron chi connectivity index (χ1n) is 5.54. The van der Waals surface area contributed by atoms with Crippen molar-refractivity contribution in [3.8, 4) is 0 Å². The second-order valence-corrected chi connectivity index (χ2v) is 6.48. The highest BCUT2D eigenvalue weighted by atomic mass is 35.5. The van der Waals surface area contributed by atoms with Crippen LogP contribution in [0, 0.1) is 0 Å². The second kappa shape index (κ2) is 5.96. The summed E-state index contributed by atoms with van der Waals surface area (Å²) in [5.74, 6) is 0. The summed E-state index contributed by atoms with van der Waals surface area (Å²) in [5.41, 5.74) is 0. The Balaban J connectivity index is 2.03. The molecule has 19 heavy (non-hydrogen) atoms. The van der Waals surface area contributed by atoms with Crippen molar-refractivity contribution in [2.24, 2.45) is 0 Å². The number of aromatic nitrogens is 1. The Hall–Kier alpha value is -1.01. The monoisotopic (exact) mass is 318 g/mol. The van der Waals surface area contributed by atoms with Crippen molar-refractivity contribution in [2.45, 2.75) is 11.4 Å². The lowest BCUT2D eigenvalue weighted by atomic mass is 10.4. The first kappa shape index (κ1) is 14.4. The molecule has 1 heterocycles. The Morgan fingerprint density at radius 1 is 1.11 bits per heavy atom. The van der Waals surface area contributed by atoms with Crippen molar-refractivity contribution in [3.05, 3.63) is 52.8 Å². The molecule has 0 amide bonds. The van der Waals surface area contributed by atoms with Gasteiger partial charge >= 0.3 is 0 Å². The van der Waals surface area contributed by atoms with E-state index in [0.717, 1.165) is 0 Å². The number of halogens is 2. The Morgan fingerprint density at radius 2 is 1.79 bits per heavy atom. The molecule has 0 bridgehead atoms. The van der Waals surface area contributed by atoms with Gasteiger partial charge in [-0.25, -0.2) is 13.1 Å². The van der Waals surface area contributed by atoms with Gasteiger partial charge < -0.3 is 4.57 Å². The van der Waals surface area contributed by atoms with E-state index in [1.807, 2.05) is 29.1 Å². The molecule has 0 atom stereocenters. The highest BCUT2D eigenvalue weighted by molar-refractivity contribution is 7.89. The molecule has 0 saturated carbocycles. The number of nitrogens with zero attached hydrogens (tertiary/aromatic N) is 1. The molecule has 2 rings (SSSR count). The van der Waals surface area contributed by atoms with Gasteiger partial charge in [-0.2, -0.15) is 0 Å². The molecule has 1 aromatic carbocycles. The molecule has 0 aliphatic rings. The highest BCUT2D eigenvalue weighted by Gasteiger charge is 2.14. The maximum absolute atomic E-state index is 12.0. The number of hydrogen-bond donors (Lipinski definition) is 1. The van der Waals surface area contributed by atoms with Gasteiger partial charge in [0.2, 0.25) is 10.0 Å². The van der Waals surface area contributed by atoms with Crippen LogP contribution >= 0.6 is 23.2 Å². The average molecular weight is 319 g/mol. The zero-order valence-corrected chi connectivity index (χ0v) is 12.2. The Morgan fingerprint density at radius 3 is 2.42 bits per heavy atom. The van der Waals surface area contributed by atoms with E-state index in [1.54, 1.807) is 0 Å². The molecule has 4 nitrogen and oxygen atoms in total. The van der Waals surface area contributed by atoms with E-state index >= 15 is 0 Å². The van der Waals surface area contributed by atoms with Crippen LogP contribution in [0.1, 0.15) is 0 Å². The molecule has 0 aliphatic heterocycles. The Labute approximate surface area is 122 Å². The van der Waals surface area contributed by atoms with E-state index in [4.69, 9.17) is 23.2 Å². The fourth-order valence-electron chi connectivity index (χ4n) is 1.56. The normalized spacial score (nSPS) is 11.7. The van der Waals surface area contributed by atoms with Crippen molar-refractivity contribution in [2.75, 3.05) is 6.54 Å². The predicted octanol–water partition coefficient (Wildman–Crippen LogP) is 2.77. The lowest BCUT2D eigenvalue weighted by Gasteiger charge is -2.08. The summed E-state index contributed by atoms with van der Waals surface area (Å²) in [4.78, 5) is 0.106. The minimum absolute atomic E-state index is 0.106. The number of rotatable bonds is 5. The van der Waals surface area contributed by atoms with Gasteiger partial charge in [0.15, 0.2) is 0 Å². The van der Waals surface area contributed by atoms with Crippen molar-refractivity contribution in [1.29, 1.82) is 0 Å². The van der Waals surface area contributed by atoms with Gasteiger partial charge in [-0.05, 0) is 30.3 Å². The minimum Gasteiger partial charge on any atom is -0.353 e. The van der Waals surface area contributed by atoms with E-state index in [2.05, 4.69) is 4.72 Å². The van der Waals surface area contributed by atoms with Gasteiger partial charge in [0, 0.05) is 25.5 Å². The van der Waals surface area contributed by atoms with Crippen molar-refractivity contribution >= 4 is 33.2 Å². The van der Waals surface area contributed by atoms with Crippen LogP contribution < -0.4 is 4.72 Å².